The van der Waals surface area contributed by atoms with Crippen molar-refractivity contribution >= 4 is 40.6 Å². The van der Waals surface area contributed by atoms with Gasteiger partial charge in [0.25, 0.3) is 5.91 Å². The molecule has 0 aliphatic rings. The van der Waals surface area contributed by atoms with Gasteiger partial charge in [0, 0.05) is 22.3 Å². The first-order valence-electron chi connectivity index (χ1n) is 8.56. The lowest BCUT2D eigenvalue weighted by Crippen LogP contribution is -2.23. The third-order valence-electron chi connectivity index (χ3n) is 4.01. The van der Waals surface area contributed by atoms with Gasteiger partial charge in [0.15, 0.2) is 6.10 Å². The molecule has 3 aromatic carbocycles. The third-order valence-corrected chi connectivity index (χ3v) is 4.56. The molecule has 0 saturated heterocycles. The Morgan fingerprint density at radius 2 is 1.68 bits per heavy atom. The van der Waals surface area contributed by atoms with Gasteiger partial charge in [0.1, 0.15) is 5.75 Å². The van der Waals surface area contributed by atoms with Crippen LogP contribution in [0.1, 0.15) is 27.6 Å². The van der Waals surface area contributed by atoms with Crippen molar-refractivity contribution in [1.29, 1.82) is 0 Å². The van der Waals surface area contributed by atoms with Gasteiger partial charge in [-0.25, -0.2) is 0 Å². The molecular weight excluding hydrogens is 397 g/mol. The maximum atomic E-state index is 12.4. The highest BCUT2D eigenvalue weighted by atomic mass is 35.5. The Hall–Kier alpha value is -2.82. The van der Waals surface area contributed by atoms with E-state index in [9.17, 15) is 9.59 Å². The molecule has 0 heterocycles. The van der Waals surface area contributed by atoms with Crippen LogP contribution in [0.15, 0.2) is 72.8 Å². The number of Topliss-reactive ketones (excluding diaryl/α,β-unsaturated/α-hetero) is 1. The summed E-state index contributed by atoms with van der Waals surface area (Å²) in [6.45, 7) is 1.69. The van der Waals surface area contributed by atoms with Gasteiger partial charge in [-0.05, 0) is 37.3 Å². The van der Waals surface area contributed by atoms with E-state index in [0.717, 1.165) is 0 Å². The van der Waals surface area contributed by atoms with Crippen molar-refractivity contribution in [3.05, 3.63) is 94.0 Å². The van der Waals surface area contributed by atoms with Crippen molar-refractivity contribution in [3.63, 3.8) is 0 Å². The van der Waals surface area contributed by atoms with Gasteiger partial charge in [-0.2, -0.15) is 0 Å². The predicted molar refractivity (Wildman–Crippen MR) is 112 cm³/mol. The number of ketones is 1. The van der Waals surface area contributed by atoms with Gasteiger partial charge in [-0.1, -0.05) is 59.6 Å². The largest absolute Gasteiger partial charge is 0.482 e. The van der Waals surface area contributed by atoms with Crippen molar-refractivity contribution in [2.45, 2.75) is 13.0 Å². The minimum absolute atomic E-state index is 0.122. The van der Waals surface area contributed by atoms with E-state index in [1.54, 1.807) is 67.6 Å². The Labute approximate surface area is 173 Å². The molecule has 0 aromatic heterocycles. The lowest BCUT2D eigenvalue weighted by atomic mass is 10.1. The van der Waals surface area contributed by atoms with Crippen molar-refractivity contribution in [2.75, 3.05) is 5.32 Å². The fourth-order valence-electron chi connectivity index (χ4n) is 2.61. The van der Waals surface area contributed by atoms with Gasteiger partial charge in [-0.3, -0.25) is 9.59 Å². The maximum absolute atomic E-state index is 12.4. The van der Waals surface area contributed by atoms with Gasteiger partial charge in [0.05, 0.1) is 10.6 Å². The molecule has 0 fully saturated rings. The molecule has 0 radical (unpaired) electrons. The van der Waals surface area contributed by atoms with Crippen LogP contribution in [-0.2, 0) is 0 Å². The van der Waals surface area contributed by atoms with E-state index in [0.29, 0.717) is 27.6 Å². The zero-order valence-corrected chi connectivity index (χ0v) is 16.5. The van der Waals surface area contributed by atoms with E-state index in [2.05, 4.69) is 5.32 Å². The van der Waals surface area contributed by atoms with Crippen LogP contribution in [0.25, 0.3) is 0 Å². The van der Waals surface area contributed by atoms with Crippen molar-refractivity contribution in [3.8, 4) is 5.75 Å². The van der Waals surface area contributed by atoms with Crippen LogP contribution in [0.3, 0.4) is 0 Å². The Kier molecular flexibility index (Phi) is 6.34. The van der Waals surface area contributed by atoms with Crippen LogP contribution < -0.4 is 10.1 Å². The Balaban J connectivity index is 1.70. The second-order valence-corrected chi connectivity index (χ2v) is 6.94. The summed E-state index contributed by atoms with van der Waals surface area (Å²) >= 11 is 11.9. The fourth-order valence-corrected chi connectivity index (χ4v) is 3.11. The first kappa shape index (κ1) is 19.9. The molecule has 1 amide bonds. The van der Waals surface area contributed by atoms with Crippen LogP contribution in [-0.4, -0.2) is 17.8 Å². The van der Waals surface area contributed by atoms with E-state index in [1.165, 1.54) is 6.07 Å². The molecule has 0 bridgehead atoms. The van der Waals surface area contributed by atoms with Gasteiger partial charge < -0.3 is 10.1 Å². The van der Waals surface area contributed by atoms with Gasteiger partial charge >= 0.3 is 0 Å². The molecule has 1 atom stereocenters. The number of benzene rings is 3. The zero-order valence-electron chi connectivity index (χ0n) is 15.0. The summed E-state index contributed by atoms with van der Waals surface area (Å²) in [5.41, 5.74) is 1.41. The molecule has 4 nitrogen and oxygen atoms in total. The summed E-state index contributed by atoms with van der Waals surface area (Å²) in [6.07, 6.45) is -0.668. The molecule has 28 heavy (non-hydrogen) atoms. The van der Waals surface area contributed by atoms with Crippen molar-refractivity contribution in [2.24, 2.45) is 0 Å². The number of carbonyl (C=O) groups is 2. The molecule has 142 valence electrons. The smallest absolute Gasteiger partial charge is 0.257 e. The number of ether oxygens (including phenoxy) is 1. The number of anilines is 1. The van der Waals surface area contributed by atoms with E-state index >= 15 is 0 Å². The van der Waals surface area contributed by atoms with Crippen LogP contribution in [0, 0.1) is 0 Å². The lowest BCUT2D eigenvalue weighted by Gasteiger charge is -2.15. The van der Waals surface area contributed by atoms with Crippen LogP contribution in [0.5, 0.6) is 5.75 Å². The predicted octanol–water partition coefficient (Wildman–Crippen LogP) is 5.90. The van der Waals surface area contributed by atoms with E-state index in [4.69, 9.17) is 27.9 Å². The molecule has 0 aliphatic heterocycles. The minimum Gasteiger partial charge on any atom is -0.482 e. The van der Waals surface area contributed by atoms with Crippen molar-refractivity contribution < 1.29 is 14.3 Å². The lowest BCUT2D eigenvalue weighted by molar-refractivity contribution is 0.0818. The second-order valence-electron chi connectivity index (χ2n) is 6.10. The van der Waals surface area contributed by atoms with Crippen LogP contribution in [0.2, 0.25) is 10.0 Å². The van der Waals surface area contributed by atoms with Crippen molar-refractivity contribution in [1.82, 2.24) is 0 Å². The highest BCUT2D eigenvalue weighted by Gasteiger charge is 2.17. The third kappa shape index (κ3) is 4.91. The van der Waals surface area contributed by atoms with E-state index in [-0.39, 0.29) is 16.7 Å². The van der Waals surface area contributed by atoms with Crippen LogP contribution >= 0.6 is 23.2 Å². The molecule has 6 heteroatoms. The van der Waals surface area contributed by atoms with E-state index in [1.807, 2.05) is 6.07 Å². The summed E-state index contributed by atoms with van der Waals surface area (Å²) in [7, 11) is 0. The van der Waals surface area contributed by atoms with Gasteiger partial charge in [-0.15, -0.1) is 0 Å². The molecule has 1 unspecified atom stereocenters. The maximum Gasteiger partial charge on any atom is 0.257 e. The summed E-state index contributed by atoms with van der Waals surface area (Å²) in [5.74, 6) is -0.0213. The Morgan fingerprint density at radius 3 is 2.39 bits per heavy atom. The normalized spacial score (nSPS) is 11.5. The number of hydrogen-bond donors (Lipinski definition) is 1. The quantitative estimate of drug-likeness (QED) is 0.512. The fraction of sp³-hybridized carbons (Fsp3) is 0.0909. The summed E-state index contributed by atoms with van der Waals surface area (Å²) < 4.78 is 5.75. The zero-order chi connectivity index (χ0) is 20.1. The standard InChI is InChI=1S/C22H17Cl2NO3/c1-14(21(26)15-6-3-2-4-7-15)28-18-9-5-8-17(13-18)25-22(27)19-11-10-16(23)12-20(19)24/h2-14H,1H3,(H,25,27). The molecule has 0 spiro atoms. The number of rotatable bonds is 6. The second kappa shape index (κ2) is 8.91. The first-order valence-corrected chi connectivity index (χ1v) is 9.32. The highest BCUT2D eigenvalue weighted by Crippen LogP contribution is 2.24. The Morgan fingerprint density at radius 1 is 0.929 bits per heavy atom. The molecular formula is C22H17Cl2NO3. The summed E-state index contributed by atoms with van der Waals surface area (Å²) in [5, 5.41) is 3.48. The molecule has 3 aromatic rings. The SMILES string of the molecule is CC(Oc1cccc(NC(=O)c2ccc(Cl)cc2Cl)c1)C(=O)c1ccccc1. The highest BCUT2D eigenvalue weighted by molar-refractivity contribution is 6.37. The Bertz CT molecular complexity index is 1010. The number of halogens is 2. The summed E-state index contributed by atoms with van der Waals surface area (Å²) in [4.78, 5) is 24.9. The average Bonchev–Trinajstić information content (AvgIpc) is 2.68. The van der Waals surface area contributed by atoms with Crippen LogP contribution in [0.4, 0.5) is 5.69 Å². The average molecular weight is 414 g/mol. The first-order chi connectivity index (χ1) is 13.4. The molecule has 0 saturated carbocycles. The molecule has 1 N–H and O–H groups in total. The monoisotopic (exact) mass is 413 g/mol. The number of amides is 1. The number of hydrogen-bond acceptors (Lipinski definition) is 3. The number of carbonyl (C=O) groups excluding carboxylic acids is 2. The molecule has 0 aliphatic carbocycles. The van der Waals surface area contributed by atoms with Gasteiger partial charge in [0.2, 0.25) is 5.78 Å². The topological polar surface area (TPSA) is 55.4 Å². The van der Waals surface area contributed by atoms with E-state index < -0.39 is 6.10 Å². The minimum atomic E-state index is -0.668. The summed E-state index contributed by atoms with van der Waals surface area (Å²) in [6, 6.07) is 20.4. The number of nitrogens with one attached hydrogen (secondary N) is 1. The molecule has 3 rings (SSSR count).